The lowest BCUT2D eigenvalue weighted by molar-refractivity contribution is 0.414. The number of rotatable bonds is 4. The largest absolute Gasteiger partial charge is 0.497 e. The molecule has 3 N–H and O–H groups in total. The minimum Gasteiger partial charge on any atom is -0.497 e. The van der Waals surface area contributed by atoms with E-state index in [-0.39, 0.29) is 10.6 Å². The highest BCUT2D eigenvalue weighted by molar-refractivity contribution is 7.92. The number of nitrogen functional groups attached to an aromatic ring is 1. The molecule has 0 aliphatic carbocycles. The van der Waals surface area contributed by atoms with Crippen molar-refractivity contribution >= 4 is 21.4 Å². The molecule has 0 fully saturated rings. The Morgan fingerprint density at radius 2 is 2.00 bits per heavy atom. The van der Waals surface area contributed by atoms with Crippen LogP contribution in [0.4, 0.5) is 11.4 Å². The Morgan fingerprint density at radius 3 is 2.60 bits per heavy atom. The number of anilines is 2. The van der Waals surface area contributed by atoms with Gasteiger partial charge in [0.15, 0.2) is 0 Å². The zero-order chi connectivity index (χ0) is 14.8. The molecular formula is C13H15N3O3S. The Bertz CT molecular complexity index is 729. The summed E-state index contributed by atoms with van der Waals surface area (Å²) < 4.78 is 32.0. The molecule has 1 aromatic carbocycles. The van der Waals surface area contributed by atoms with Crippen LogP contribution >= 0.6 is 0 Å². The summed E-state index contributed by atoms with van der Waals surface area (Å²) in [5, 5.41) is 0. The number of aryl methyl sites for hydroxylation is 1. The Kier molecular flexibility index (Phi) is 3.80. The number of aromatic nitrogens is 1. The van der Waals surface area contributed by atoms with Gasteiger partial charge in [-0.05, 0) is 31.2 Å². The van der Waals surface area contributed by atoms with Crippen LogP contribution in [0.2, 0.25) is 0 Å². The molecule has 0 atom stereocenters. The SMILES string of the molecule is COc1ccc(S(=O)(=O)Nc2ccnc(C)c2)c(N)c1. The molecule has 2 rings (SSSR count). The second kappa shape index (κ2) is 5.38. The maximum Gasteiger partial charge on any atom is 0.263 e. The fraction of sp³-hybridized carbons (Fsp3) is 0.154. The highest BCUT2D eigenvalue weighted by atomic mass is 32.2. The van der Waals surface area contributed by atoms with E-state index < -0.39 is 10.0 Å². The normalized spacial score (nSPS) is 11.1. The van der Waals surface area contributed by atoms with Crippen LogP contribution in [-0.2, 0) is 10.0 Å². The van der Waals surface area contributed by atoms with Crippen LogP contribution in [0.1, 0.15) is 5.69 Å². The summed E-state index contributed by atoms with van der Waals surface area (Å²) in [7, 11) is -2.26. The van der Waals surface area contributed by atoms with Gasteiger partial charge in [0.05, 0.1) is 18.5 Å². The number of hydrogen-bond acceptors (Lipinski definition) is 5. The van der Waals surface area contributed by atoms with Crippen molar-refractivity contribution in [3.8, 4) is 5.75 Å². The highest BCUT2D eigenvalue weighted by Gasteiger charge is 2.18. The minimum atomic E-state index is -3.74. The molecule has 0 bridgehead atoms. The van der Waals surface area contributed by atoms with Crippen LogP contribution in [0.5, 0.6) is 5.75 Å². The number of ether oxygens (including phenoxy) is 1. The number of nitrogens with one attached hydrogen (secondary N) is 1. The van der Waals surface area contributed by atoms with Crippen molar-refractivity contribution in [2.45, 2.75) is 11.8 Å². The summed E-state index contributed by atoms with van der Waals surface area (Å²) in [5.41, 5.74) is 7.04. The number of nitrogens with two attached hydrogens (primary N) is 1. The monoisotopic (exact) mass is 293 g/mol. The third kappa shape index (κ3) is 3.00. The third-order valence-corrected chi connectivity index (χ3v) is 4.11. The lowest BCUT2D eigenvalue weighted by Gasteiger charge is -2.11. The average Bonchev–Trinajstić information content (AvgIpc) is 2.37. The fourth-order valence-corrected chi connectivity index (χ4v) is 2.88. The van der Waals surface area contributed by atoms with Gasteiger partial charge in [0, 0.05) is 18.0 Å². The van der Waals surface area contributed by atoms with E-state index in [2.05, 4.69) is 9.71 Å². The average molecular weight is 293 g/mol. The van der Waals surface area contributed by atoms with Gasteiger partial charge in [0.1, 0.15) is 10.6 Å². The molecule has 0 radical (unpaired) electrons. The van der Waals surface area contributed by atoms with Gasteiger partial charge in [-0.3, -0.25) is 9.71 Å². The molecular weight excluding hydrogens is 278 g/mol. The van der Waals surface area contributed by atoms with Gasteiger partial charge < -0.3 is 10.5 Å². The number of benzene rings is 1. The Labute approximate surface area is 117 Å². The number of hydrogen-bond donors (Lipinski definition) is 2. The minimum absolute atomic E-state index is 0.00719. The molecule has 2 aromatic rings. The molecule has 0 aliphatic heterocycles. The first-order valence-electron chi connectivity index (χ1n) is 5.81. The second-order valence-electron chi connectivity index (χ2n) is 4.20. The maximum absolute atomic E-state index is 12.3. The standard InChI is InChI=1S/C13H15N3O3S/c1-9-7-10(5-6-15-9)16-20(17,18)13-4-3-11(19-2)8-12(13)14/h3-8H,14H2,1-2H3,(H,15,16). The third-order valence-electron chi connectivity index (χ3n) is 2.66. The lowest BCUT2D eigenvalue weighted by atomic mass is 10.3. The molecule has 7 heteroatoms. The molecule has 0 saturated carbocycles. The first kappa shape index (κ1) is 14.1. The van der Waals surface area contributed by atoms with Crippen molar-refractivity contribution in [3.63, 3.8) is 0 Å². The van der Waals surface area contributed by atoms with E-state index in [0.29, 0.717) is 17.1 Å². The van der Waals surface area contributed by atoms with Crippen LogP contribution in [-0.4, -0.2) is 20.5 Å². The van der Waals surface area contributed by atoms with Crippen LogP contribution in [0.25, 0.3) is 0 Å². The highest BCUT2D eigenvalue weighted by Crippen LogP contribution is 2.25. The Morgan fingerprint density at radius 1 is 1.25 bits per heavy atom. The van der Waals surface area contributed by atoms with Gasteiger partial charge in [0.25, 0.3) is 10.0 Å². The molecule has 106 valence electrons. The van der Waals surface area contributed by atoms with Crippen molar-refractivity contribution in [1.29, 1.82) is 0 Å². The van der Waals surface area contributed by atoms with Gasteiger partial charge in [-0.25, -0.2) is 8.42 Å². The molecule has 0 unspecified atom stereocenters. The quantitative estimate of drug-likeness (QED) is 0.838. The van der Waals surface area contributed by atoms with E-state index in [4.69, 9.17) is 10.5 Å². The van der Waals surface area contributed by atoms with E-state index >= 15 is 0 Å². The molecule has 1 heterocycles. The summed E-state index contributed by atoms with van der Waals surface area (Å²) in [6.45, 7) is 1.78. The van der Waals surface area contributed by atoms with Crippen LogP contribution < -0.4 is 15.2 Å². The summed E-state index contributed by atoms with van der Waals surface area (Å²) >= 11 is 0. The fourth-order valence-electron chi connectivity index (χ4n) is 1.72. The first-order valence-corrected chi connectivity index (χ1v) is 7.29. The summed E-state index contributed by atoms with van der Waals surface area (Å²) in [4.78, 5) is 4.01. The van der Waals surface area contributed by atoms with Crippen molar-refractivity contribution in [3.05, 3.63) is 42.2 Å². The van der Waals surface area contributed by atoms with Gasteiger partial charge in [-0.15, -0.1) is 0 Å². The van der Waals surface area contributed by atoms with Gasteiger partial charge in [-0.2, -0.15) is 0 Å². The van der Waals surface area contributed by atoms with Crippen LogP contribution in [0, 0.1) is 6.92 Å². The van der Waals surface area contributed by atoms with E-state index in [1.165, 1.54) is 25.4 Å². The Hall–Kier alpha value is -2.28. The molecule has 0 spiro atoms. The van der Waals surface area contributed by atoms with Crippen LogP contribution in [0.3, 0.4) is 0 Å². The number of methoxy groups -OCH3 is 1. The van der Waals surface area contributed by atoms with E-state index in [1.54, 1.807) is 25.1 Å². The van der Waals surface area contributed by atoms with Gasteiger partial charge in [-0.1, -0.05) is 0 Å². The zero-order valence-corrected chi connectivity index (χ0v) is 11.9. The van der Waals surface area contributed by atoms with E-state index in [9.17, 15) is 8.42 Å². The number of pyridine rings is 1. The predicted molar refractivity (Wildman–Crippen MR) is 77.2 cm³/mol. The zero-order valence-electron chi connectivity index (χ0n) is 11.1. The van der Waals surface area contributed by atoms with E-state index in [0.717, 1.165) is 0 Å². The van der Waals surface area contributed by atoms with Crippen molar-refractivity contribution in [1.82, 2.24) is 4.98 Å². The molecule has 0 amide bonds. The number of sulfonamides is 1. The van der Waals surface area contributed by atoms with Gasteiger partial charge in [0.2, 0.25) is 0 Å². The summed E-state index contributed by atoms with van der Waals surface area (Å²) in [5.74, 6) is 0.501. The lowest BCUT2D eigenvalue weighted by Crippen LogP contribution is -2.15. The predicted octanol–water partition coefficient (Wildman–Crippen LogP) is 1.78. The van der Waals surface area contributed by atoms with E-state index in [1.807, 2.05) is 0 Å². The topological polar surface area (TPSA) is 94.3 Å². The first-order chi connectivity index (χ1) is 9.42. The molecule has 20 heavy (non-hydrogen) atoms. The van der Waals surface area contributed by atoms with Crippen molar-refractivity contribution < 1.29 is 13.2 Å². The molecule has 1 aromatic heterocycles. The van der Waals surface area contributed by atoms with Crippen molar-refractivity contribution in [2.75, 3.05) is 17.6 Å². The second-order valence-corrected chi connectivity index (χ2v) is 5.85. The van der Waals surface area contributed by atoms with Crippen molar-refractivity contribution in [2.24, 2.45) is 0 Å². The summed E-state index contributed by atoms with van der Waals surface area (Å²) in [6.07, 6.45) is 1.53. The Balaban J connectivity index is 2.36. The molecule has 0 saturated heterocycles. The van der Waals surface area contributed by atoms with Gasteiger partial charge >= 0.3 is 0 Å². The molecule has 6 nitrogen and oxygen atoms in total. The number of nitrogens with zero attached hydrogens (tertiary/aromatic N) is 1. The van der Waals surface area contributed by atoms with Crippen LogP contribution in [0.15, 0.2) is 41.4 Å². The smallest absolute Gasteiger partial charge is 0.263 e. The molecule has 0 aliphatic rings. The maximum atomic E-state index is 12.3. The summed E-state index contributed by atoms with van der Waals surface area (Å²) in [6, 6.07) is 7.63.